The molecule has 0 aliphatic rings. The van der Waals surface area contributed by atoms with E-state index in [0.29, 0.717) is 5.56 Å². The Morgan fingerprint density at radius 3 is 2.50 bits per heavy atom. The minimum Gasteiger partial charge on any atom is -0.508 e. The van der Waals surface area contributed by atoms with Crippen molar-refractivity contribution in [1.29, 1.82) is 0 Å². The Hall–Kier alpha value is -1.22. The largest absolute Gasteiger partial charge is 0.508 e. The molecule has 1 N–H and O–H groups in total. The number of nitrogens with zero attached hydrogens (tertiary/aromatic N) is 1. The maximum Gasteiger partial charge on any atom is 0.175 e. The molecular formula is C8H8ClNO2. The highest BCUT2D eigenvalue weighted by Crippen LogP contribution is 2.11. The van der Waals surface area contributed by atoms with Crippen molar-refractivity contribution in [3.05, 3.63) is 29.8 Å². The van der Waals surface area contributed by atoms with Gasteiger partial charge in [-0.15, -0.1) is 0 Å². The summed E-state index contributed by atoms with van der Waals surface area (Å²) in [7, 11) is 1.42. The third kappa shape index (κ3) is 2.13. The first kappa shape index (κ1) is 8.87. The van der Waals surface area contributed by atoms with Crippen LogP contribution in [-0.2, 0) is 4.84 Å². The van der Waals surface area contributed by atoms with E-state index >= 15 is 0 Å². The molecule has 0 atom stereocenters. The van der Waals surface area contributed by atoms with E-state index in [0.717, 1.165) is 0 Å². The number of aromatic hydroxyl groups is 1. The number of hydrogen-bond acceptors (Lipinski definition) is 3. The second-order valence-corrected chi connectivity index (χ2v) is 2.47. The van der Waals surface area contributed by atoms with Crippen LogP contribution in [0.2, 0.25) is 0 Å². The fourth-order valence-electron chi connectivity index (χ4n) is 0.732. The SMILES string of the molecule is CON=C(Cl)c1ccc(O)cc1. The molecule has 4 heteroatoms. The van der Waals surface area contributed by atoms with Crippen LogP contribution in [0.5, 0.6) is 5.75 Å². The first-order valence-electron chi connectivity index (χ1n) is 3.30. The quantitative estimate of drug-likeness (QED) is 0.565. The molecule has 0 aromatic heterocycles. The van der Waals surface area contributed by atoms with E-state index in [2.05, 4.69) is 9.99 Å². The minimum absolute atomic E-state index is 0.195. The third-order valence-corrected chi connectivity index (χ3v) is 1.56. The number of rotatable bonds is 2. The van der Waals surface area contributed by atoms with Gasteiger partial charge in [0.2, 0.25) is 0 Å². The Morgan fingerprint density at radius 1 is 1.42 bits per heavy atom. The van der Waals surface area contributed by atoms with Gasteiger partial charge in [0.1, 0.15) is 12.9 Å². The summed E-state index contributed by atoms with van der Waals surface area (Å²) in [6.45, 7) is 0. The van der Waals surface area contributed by atoms with E-state index < -0.39 is 0 Å². The first-order valence-corrected chi connectivity index (χ1v) is 3.68. The predicted octanol–water partition coefficient (Wildman–Crippen LogP) is 1.94. The van der Waals surface area contributed by atoms with E-state index in [1.54, 1.807) is 12.1 Å². The van der Waals surface area contributed by atoms with Gasteiger partial charge in [-0.25, -0.2) is 0 Å². The lowest BCUT2D eigenvalue weighted by atomic mass is 10.2. The lowest BCUT2D eigenvalue weighted by Crippen LogP contribution is -1.90. The molecule has 0 saturated carbocycles. The normalized spacial score (nSPS) is 11.3. The van der Waals surface area contributed by atoms with Crippen LogP contribution in [0.25, 0.3) is 0 Å². The van der Waals surface area contributed by atoms with Crippen molar-refractivity contribution in [2.45, 2.75) is 0 Å². The second-order valence-electron chi connectivity index (χ2n) is 2.11. The van der Waals surface area contributed by atoms with Gasteiger partial charge in [0.15, 0.2) is 5.17 Å². The molecule has 0 unspecified atom stereocenters. The van der Waals surface area contributed by atoms with E-state index in [1.165, 1.54) is 19.2 Å². The lowest BCUT2D eigenvalue weighted by molar-refractivity contribution is 0.214. The molecule has 1 rings (SSSR count). The topological polar surface area (TPSA) is 41.8 Å². The smallest absolute Gasteiger partial charge is 0.175 e. The molecule has 0 spiro atoms. The molecule has 1 aromatic carbocycles. The van der Waals surface area contributed by atoms with Crippen molar-refractivity contribution in [3.63, 3.8) is 0 Å². The number of halogens is 1. The van der Waals surface area contributed by atoms with Gasteiger partial charge in [-0.2, -0.15) is 0 Å². The predicted molar refractivity (Wildman–Crippen MR) is 47.5 cm³/mol. The highest BCUT2D eigenvalue weighted by atomic mass is 35.5. The molecule has 0 amide bonds. The molecule has 64 valence electrons. The Bertz CT molecular complexity index is 282. The Balaban J connectivity index is 2.89. The number of phenolic OH excluding ortho intramolecular Hbond substituents is 1. The van der Waals surface area contributed by atoms with Gasteiger partial charge in [0, 0.05) is 5.56 Å². The van der Waals surface area contributed by atoms with Crippen LogP contribution in [0.4, 0.5) is 0 Å². The summed E-state index contributed by atoms with van der Waals surface area (Å²) in [5, 5.41) is 12.7. The third-order valence-electron chi connectivity index (χ3n) is 1.28. The zero-order chi connectivity index (χ0) is 8.97. The van der Waals surface area contributed by atoms with Crippen LogP contribution in [0.1, 0.15) is 5.56 Å². The van der Waals surface area contributed by atoms with Crippen LogP contribution in [-0.4, -0.2) is 17.4 Å². The molecule has 0 fully saturated rings. The zero-order valence-corrected chi connectivity index (χ0v) is 7.25. The minimum atomic E-state index is 0.195. The summed E-state index contributed by atoms with van der Waals surface area (Å²) in [6.07, 6.45) is 0. The average molecular weight is 186 g/mol. The summed E-state index contributed by atoms with van der Waals surface area (Å²) >= 11 is 5.70. The molecule has 0 radical (unpaired) electrons. The van der Waals surface area contributed by atoms with Crippen molar-refractivity contribution < 1.29 is 9.94 Å². The van der Waals surface area contributed by atoms with Gasteiger partial charge in [-0.05, 0) is 24.3 Å². The molecule has 0 aliphatic carbocycles. The van der Waals surface area contributed by atoms with Gasteiger partial charge in [0.25, 0.3) is 0 Å². The van der Waals surface area contributed by atoms with Gasteiger partial charge in [0.05, 0.1) is 0 Å². The van der Waals surface area contributed by atoms with E-state index in [1.807, 2.05) is 0 Å². The van der Waals surface area contributed by atoms with Crippen LogP contribution in [0.15, 0.2) is 29.4 Å². The van der Waals surface area contributed by atoms with Gasteiger partial charge < -0.3 is 9.94 Å². The maximum atomic E-state index is 8.95. The molecule has 0 saturated heterocycles. The highest BCUT2D eigenvalue weighted by Gasteiger charge is 1.98. The van der Waals surface area contributed by atoms with Crippen molar-refractivity contribution in [2.75, 3.05) is 7.11 Å². The van der Waals surface area contributed by atoms with E-state index in [4.69, 9.17) is 16.7 Å². The van der Waals surface area contributed by atoms with E-state index in [-0.39, 0.29) is 10.9 Å². The Labute approximate surface area is 75.2 Å². The highest BCUT2D eigenvalue weighted by molar-refractivity contribution is 6.69. The van der Waals surface area contributed by atoms with E-state index in [9.17, 15) is 0 Å². The second kappa shape index (κ2) is 3.97. The molecule has 1 aromatic rings. The van der Waals surface area contributed by atoms with Crippen molar-refractivity contribution in [2.24, 2.45) is 5.16 Å². The molecule has 0 aliphatic heterocycles. The van der Waals surface area contributed by atoms with Crippen LogP contribution in [0.3, 0.4) is 0 Å². The van der Waals surface area contributed by atoms with Crippen LogP contribution in [0, 0.1) is 0 Å². The monoisotopic (exact) mass is 185 g/mol. The van der Waals surface area contributed by atoms with Gasteiger partial charge >= 0.3 is 0 Å². The summed E-state index contributed by atoms with van der Waals surface area (Å²) in [4.78, 5) is 4.48. The number of oxime groups is 1. The summed E-state index contributed by atoms with van der Waals surface area (Å²) < 4.78 is 0. The van der Waals surface area contributed by atoms with Crippen molar-refractivity contribution in [3.8, 4) is 5.75 Å². The van der Waals surface area contributed by atoms with Crippen molar-refractivity contribution >= 4 is 16.8 Å². The fraction of sp³-hybridized carbons (Fsp3) is 0.125. The van der Waals surface area contributed by atoms with Gasteiger partial charge in [-0.3, -0.25) is 0 Å². The van der Waals surface area contributed by atoms with Crippen LogP contribution < -0.4 is 0 Å². The first-order chi connectivity index (χ1) is 5.74. The Kier molecular flexibility index (Phi) is 2.94. The molecule has 0 bridgehead atoms. The van der Waals surface area contributed by atoms with Gasteiger partial charge in [-0.1, -0.05) is 16.8 Å². The molecule has 3 nitrogen and oxygen atoms in total. The summed E-state index contributed by atoms with van der Waals surface area (Å²) in [5.74, 6) is 0.195. The number of benzene rings is 1. The maximum absolute atomic E-state index is 8.95. The number of phenols is 1. The fourth-order valence-corrected chi connectivity index (χ4v) is 0.927. The standard InChI is InChI=1S/C8H8ClNO2/c1-12-10-8(9)6-2-4-7(11)5-3-6/h2-5,11H,1H3. The lowest BCUT2D eigenvalue weighted by Gasteiger charge is -1.96. The molecule has 0 heterocycles. The molecule has 12 heavy (non-hydrogen) atoms. The summed E-state index contributed by atoms with van der Waals surface area (Å²) in [5.41, 5.74) is 0.705. The summed E-state index contributed by atoms with van der Waals surface area (Å²) in [6, 6.07) is 6.37. The van der Waals surface area contributed by atoms with Crippen LogP contribution >= 0.6 is 11.6 Å². The van der Waals surface area contributed by atoms with Crippen molar-refractivity contribution in [1.82, 2.24) is 0 Å². The average Bonchev–Trinajstić information content (AvgIpc) is 2.06. The Morgan fingerprint density at radius 2 is 2.00 bits per heavy atom. The zero-order valence-electron chi connectivity index (χ0n) is 6.49. The number of hydrogen-bond donors (Lipinski definition) is 1. The molecular weight excluding hydrogens is 178 g/mol.